The molecule has 5 rings (SSSR count). The fraction of sp³-hybridized carbons (Fsp3) is 0.300. The van der Waals surface area contributed by atoms with E-state index in [1.165, 1.54) is 22.2 Å². The van der Waals surface area contributed by atoms with Crippen molar-refractivity contribution in [2.75, 3.05) is 13.1 Å². The molecule has 0 unspecified atom stereocenters. The molecule has 0 bridgehead atoms. The first kappa shape index (κ1) is 22.4. The molecule has 0 aliphatic carbocycles. The summed E-state index contributed by atoms with van der Waals surface area (Å²) in [5.74, 6) is 0.284. The van der Waals surface area contributed by atoms with Gasteiger partial charge >= 0.3 is 0 Å². The first-order chi connectivity index (χ1) is 16.7. The van der Waals surface area contributed by atoms with Crippen molar-refractivity contribution in [3.8, 4) is 0 Å². The molecule has 174 valence electrons. The van der Waals surface area contributed by atoms with Crippen molar-refractivity contribution >= 4 is 16.8 Å². The smallest absolute Gasteiger partial charge is 0.223 e. The van der Waals surface area contributed by atoms with Crippen molar-refractivity contribution in [3.63, 3.8) is 0 Å². The van der Waals surface area contributed by atoms with Crippen LogP contribution in [-0.4, -0.2) is 28.5 Å². The molecule has 0 spiro atoms. The highest BCUT2D eigenvalue weighted by molar-refractivity contribution is 5.81. The van der Waals surface area contributed by atoms with Gasteiger partial charge in [-0.2, -0.15) is 0 Å². The third-order valence-electron chi connectivity index (χ3n) is 7.08. The van der Waals surface area contributed by atoms with Gasteiger partial charge in [0, 0.05) is 30.2 Å². The van der Waals surface area contributed by atoms with Crippen molar-refractivity contribution in [1.82, 2.24) is 14.8 Å². The fourth-order valence-corrected chi connectivity index (χ4v) is 5.09. The Labute approximate surface area is 202 Å². The van der Waals surface area contributed by atoms with Gasteiger partial charge in [-0.05, 0) is 61.5 Å². The van der Waals surface area contributed by atoms with Gasteiger partial charge in [-0.25, -0.2) is 0 Å². The number of piperidine rings is 1. The maximum Gasteiger partial charge on any atom is 0.223 e. The van der Waals surface area contributed by atoms with Crippen LogP contribution in [0.15, 0.2) is 91.0 Å². The molecule has 1 atom stereocenters. The van der Waals surface area contributed by atoms with Crippen LogP contribution in [-0.2, 0) is 17.9 Å². The Morgan fingerprint density at radius 3 is 2.26 bits per heavy atom. The van der Waals surface area contributed by atoms with Gasteiger partial charge in [0.25, 0.3) is 0 Å². The second-order valence-corrected chi connectivity index (χ2v) is 9.46. The molecule has 0 radical (unpaired) electrons. The van der Waals surface area contributed by atoms with Crippen LogP contribution in [0.25, 0.3) is 10.9 Å². The lowest BCUT2D eigenvalue weighted by Gasteiger charge is -2.32. The van der Waals surface area contributed by atoms with Gasteiger partial charge in [-0.3, -0.25) is 9.69 Å². The Kier molecular flexibility index (Phi) is 6.77. The molecule has 4 aromatic rings. The number of carbonyl (C=O) groups is 1. The number of nitrogens with zero attached hydrogens (tertiary/aromatic N) is 2. The van der Waals surface area contributed by atoms with Gasteiger partial charge in [-0.1, -0.05) is 78.9 Å². The average Bonchev–Trinajstić information content (AvgIpc) is 3.22. The maximum absolute atomic E-state index is 12.9. The van der Waals surface area contributed by atoms with Crippen LogP contribution in [0.2, 0.25) is 0 Å². The number of fused-ring (bicyclic) bond motifs is 1. The Bertz CT molecular complexity index is 1220. The summed E-state index contributed by atoms with van der Waals surface area (Å²) >= 11 is 0. The molecule has 1 N–H and O–H groups in total. The number of carbonyl (C=O) groups excluding carboxylic acids is 1. The van der Waals surface area contributed by atoms with E-state index >= 15 is 0 Å². The van der Waals surface area contributed by atoms with Gasteiger partial charge < -0.3 is 9.88 Å². The number of nitrogens with one attached hydrogen (secondary N) is 1. The molecule has 1 amide bonds. The summed E-state index contributed by atoms with van der Waals surface area (Å²) in [4.78, 5) is 15.4. The van der Waals surface area contributed by atoms with E-state index in [1.54, 1.807) is 0 Å². The number of benzene rings is 3. The topological polar surface area (TPSA) is 37.3 Å². The highest BCUT2D eigenvalue weighted by Gasteiger charge is 2.26. The second kappa shape index (κ2) is 10.3. The summed E-state index contributed by atoms with van der Waals surface area (Å²) in [5, 5.41) is 4.51. The summed E-state index contributed by atoms with van der Waals surface area (Å²) in [5.41, 5.74) is 5.09. The van der Waals surface area contributed by atoms with E-state index in [1.807, 2.05) is 18.2 Å². The quantitative estimate of drug-likeness (QED) is 0.387. The fourth-order valence-electron chi connectivity index (χ4n) is 5.09. The number of likely N-dealkylation sites (tertiary alicyclic amines) is 1. The molecule has 2 heterocycles. The zero-order chi connectivity index (χ0) is 23.3. The average molecular weight is 452 g/mol. The number of amides is 1. The highest BCUT2D eigenvalue weighted by atomic mass is 16.1. The van der Waals surface area contributed by atoms with E-state index < -0.39 is 0 Å². The molecule has 0 saturated carbocycles. The first-order valence-corrected chi connectivity index (χ1v) is 12.4. The molecule has 4 heteroatoms. The van der Waals surface area contributed by atoms with Gasteiger partial charge in [0.2, 0.25) is 5.91 Å². The molecule has 1 aliphatic heterocycles. The van der Waals surface area contributed by atoms with Crippen molar-refractivity contribution in [3.05, 3.63) is 108 Å². The minimum Gasteiger partial charge on any atom is -0.349 e. The largest absolute Gasteiger partial charge is 0.349 e. The lowest BCUT2D eigenvalue weighted by molar-refractivity contribution is -0.127. The molecule has 1 fully saturated rings. The van der Waals surface area contributed by atoms with Crippen LogP contribution in [0.4, 0.5) is 0 Å². The minimum atomic E-state index is 0.0421. The van der Waals surface area contributed by atoms with Crippen molar-refractivity contribution in [2.45, 2.75) is 38.9 Å². The predicted octanol–water partition coefficient (Wildman–Crippen LogP) is 5.78. The zero-order valence-electron chi connectivity index (χ0n) is 19.9. The molecule has 34 heavy (non-hydrogen) atoms. The Balaban J connectivity index is 1.23. The Morgan fingerprint density at radius 1 is 0.882 bits per heavy atom. The van der Waals surface area contributed by atoms with E-state index in [0.717, 1.165) is 44.6 Å². The third-order valence-corrected chi connectivity index (χ3v) is 7.08. The summed E-state index contributed by atoms with van der Waals surface area (Å²) in [6, 6.07) is 31.9. The van der Waals surface area contributed by atoms with E-state index in [0.29, 0.717) is 0 Å². The monoisotopic (exact) mass is 451 g/mol. The second-order valence-electron chi connectivity index (χ2n) is 9.46. The van der Waals surface area contributed by atoms with E-state index in [-0.39, 0.29) is 17.9 Å². The number of rotatable bonds is 7. The molecule has 1 saturated heterocycles. The van der Waals surface area contributed by atoms with Crippen LogP contribution >= 0.6 is 0 Å². The van der Waals surface area contributed by atoms with E-state index in [2.05, 4.69) is 94.5 Å². The summed E-state index contributed by atoms with van der Waals surface area (Å²) < 4.78 is 2.45. The SMILES string of the molecule is C[C@@H](NC(=O)C1CCN(Cc2cc3ccccc3n2Cc2ccccc2)CC1)c1ccccc1. The summed E-state index contributed by atoms with van der Waals surface area (Å²) in [7, 11) is 0. The van der Waals surface area contributed by atoms with Crippen molar-refractivity contribution in [1.29, 1.82) is 0 Å². The number of para-hydroxylation sites is 1. The number of aromatic nitrogens is 1. The van der Waals surface area contributed by atoms with Crippen LogP contribution in [0.3, 0.4) is 0 Å². The van der Waals surface area contributed by atoms with Gasteiger partial charge in [-0.15, -0.1) is 0 Å². The number of hydrogen-bond acceptors (Lipinski definition) is 2. The standard InChI is InChI=1S/C30H33N3O/c1-23(25-12-6-3-7-13-25)31-30(34)26-16-18-32(19-17-26)22-28-20-27-14-8-9-15-29(27)33(28)21-24-10-4-2-5-11-24/h2-15,20,23,26H,16-19,21-22H2,1H3,(H,31,34)/t23-/m1/s1. The maximum atomic E-state index is 12.9. The van der Waals surface area contributed by atoms with Crippen LogP contribution in [0, 0.1) is 5.92 Å². The minimum absolute atomic E-state index is 0.0421. The van der Waals surface area contributed by atoms with Gasteiger partial charge in [0.05, 0.1) is 6.04 Å². The zero-order valence-corrected chi connectivity index (χ0v) is 19.9. The van der Waals surface area contributed by atoms with Gasteiger partial charge in [0.15, 0.2) is 0 Å². The van der Waals surface area contributed by atoms with Crippen molar-refractivity contribution in [2.24, 2.45) is 5.92 Å². The third kappa shape index (κ3) is 5.07. The molecule has 1 aromatic heterocycles. The van der Waals surface area contributed by atoms with E-state index in [4.69, 9.17) is 0 Å². The summed E-state index contributed by atoms with van der Waals surface area (Å²) in [6.07, 6.45) is 1.82. The van der Waals surface area contributed by atoms with Gasteiger partial charge in [0.1, 0.15) is 0 Å². The molecule has 4 nitrogen and oxygen atoms in total. The number of hydrogen-bond donors (Lipinski definition) is 1. The van der Waals surface area contributed by atoms with Crippen LogP contribution < -0.4 is 5.32 Å². The first-order valence-electron chi connectivity index (χ1n) is 12.4. The van der Waals surface area contributed by atoms with Crippen molar-refractivity contribution < 1.29 is 4.79 Å². The Hall–Kier alpha value is -3.37. The highest BCUT2D eigenvalue weighted by Crippen LogP contribution is 2.25. The van der Waals surface area contributed by atoms with E-state index in [9.17, 15) is 4.79 Å². The molecule has 1 aliphatic rings. The lowest BCUT2D eigenvalue weighted by Crippen LogP contribution is -2.41. The Morgan fingerprint density at radius 2 is 1.53 bits per heavy atom. The normalized spacial score (nSPS) is 15.9. The van der Waals surface area contributed by atoms with Crippen LogP contribution in [0.1, 0.15) is 42.6 Å². The predicted molar refractivity (Wildman–Crippen MR) is 138 cm³/mol. The molecular formula is C30H33N3O. The molecular weight excluding hydrogens is 418 g/mol. The van der Waals surface area contributed by atoms with Crippen LogP contribution in [0.5, 0.6) is 0 Å². The molecule has 3 aromatic carbocycles. The lowest BCUT2D eigenvalue weighted by atomic mass is 9.95. The summed E-state index contributed by atoms with van der Waals surface area (Å²) in [6.45, 7) is 5.75.